The molecule has 0 saturated carbocycles. The molecule has 0 bridgehead atoms. The van der Waals surface area contributed by atoms with E-state index in [1.165, 1.54) is 0 Å². The maximum atomic E-state index is 12.3. The minimum atomic E-state index is -0.0861. The third-order valence-corrected chi connectivity index (χ3v) is 3.95. The maximum Gasteiger partial charge on any atom is 0.317 e. The van der Waals surface area contributed by atoms with Crippen LogP contribution >= 0.6 is 0 Å². The lowest BCUT2D eigenvalue weighted by molar-refractivity contribution is 0.00996. The second-order valence-corrected chi connectivity index (χ2v) is 5.82. The Morgan fingerprint density at radius 2 is 2.35 bits per heavy atom. The quantitative estimate of drug-likeness (QED) is 0.920. The zero-order valence-electron chi connectivity index (χ0n) is 13.5. The summed E-state index contributed by atoms with van der Waals surface area (Å²) in [6.45, 7) is 4.56. The van der Waals surface area contributed by atoms with Gasteiger partial charge in [-0.25, -0.2) is 9.78 Å². The molecule has 2 heterocycles. The number of aromatic nitrogens is 1. The molecule has 1 aromatic carbocycles. The van der Waals surface area contributed by atoms with Gasteiger partial charge in [0.1, 0.15) is 5.52 Å². The van der Waals surface area contributed by atoms with Gasteiger partial charge in [-0.3, -0.25) is 0 Å². The number of hydrogen-bond acceptors (Lipinski definition) is 4. The number of urea groups is 1. The Morgan fingerprint density at radius 3 is 3.17 bits per heavy atom. The van der Waals surface area contributed by atoms with Crippen LogP contribution in [0.1, 0.15) is 32.1 Å². The molecule has 2 aromatic rings. The second kappa shape index (κ2) is 7.46. The van der Waals surface area contributed by atoms with Crippen molar-refractivity contribution in [2.45, 2.75) is 38.8 Å². The van der Waals surface area contributed by atoms with Crippen LogP contribution in [0.5, 0.6) is 0 Å². The molecule has 23 heavy (non-hydrogen) atoms. The predicted octanol–water partition coefficient (Wildman–Crippen LogP) is 2.93. The van der Waals surface area contributed by atoms with Crippen molar-refractivity contribution < 1.29 is 13.9 Å². The van der Waals surface area contributed by atoms with Crippen LogP contribution in [0.4, 0.5) is 4.79 Å². The van der Waals surface area contributed by atoms with E-state index < -0.39 is 0 Å². The average Bonchev–Trinajstić information content (AvgIpc) is 3.01. The fourth-order valence-electron chi connectivity index (χ4n) is 2.80. The molecule has 6 heteroatoms. The summed E-state index contributed by atoms with van der Waals surface area (Å²) < 4.78 is 11.4. The Kier molecular flexibility index (Phi) is 5.12. The highest BCUT2D eigenvalue weighted by Gasteiger charge is 2.24. The maximum absolute atomic E-state index is 12.3. The number of ether oxygens (including phenoxy) is 1. The average molecular weight is 317 g/mol. The Bertz CT molecular complexity index is 622. The van der Waals surface area contributed by atoms with Crippen LogP contribution in [0.2, 0.25) is 0 Å². The van der Waals surface area contributed by atoms with Gasteiger partial charge in [0.15, 0.2) is 5.58 Å². The van der Waals surface area contributed by atoms with Gasteiger partial charge in [0, 0.05) is 19.7 Å². The van der Waals surface area contributed by atoms with Gasteiger partial charge >= 0.3 is 6.03 Å². The summed E-state index contributed by atoms with van der Waals surface area (Å²) in [6, 6.07) is 7.49. The molecule has 1 aliphatic heterocycles. The monoisotopic (exact) mass is 317 g/mol. The molecule has 2 amide bonds. The largest absolute Gasteiger partial charge is 0.439 e. The summed E-state index contributed by atoms with van der Waals surface area (Å²) >= 11 is 0. The van der Waals surface area contributed by atoms with Crippen molar-refractivity contribution in [3.63, 3.8) is 0 Å². The summed E-state index contributed by atoms with van der Waals surface area (Å²) in [6.07, 6.45) is 3.15. The van der Waals surface area contributed by atoms with Gasteiger partial charge in [0.2, 0.25) is 5.89 Å². The van der Waals surface area contributed by atoms with E-state index in [-0.39, 0.29) is 12.1 Å². The number of carbonyl (C=O) groups is 1. The fourth-order valence-corrected chi connectivity index (χ4v) is 2.80. The number of amides is 2. The highest BCUT2D eigenvalue weighted by Crippen LogP contribution is 2.16. The van der Waals surface area contributed by atoms with Crippen LogP contribution in [-0.4, -0.2) is 41.7 Å². The molecule has 0 aliphatic carbocycles. The van der Waals surface area contributed by atoms with E-state index in [1.807, 2.05) is 29.2 Å². The molecule has 1 aliphatic rings. The SMILES string of the molecule is CCCO[C@H]1CCCN(C(=O)NCc2nc3ccccc3o2)C1. The van der Waals surface area contributed by atoms with Crippen LogP contribution < -0.4 is 5.32 Å². The summed E-state index contributed by atoms with van der Waals surface area (Å²) in [5.41, 5.74) is 1.55. The third-order valence-electron chi connectivity index (χ3n) is 3.95. The lowest BCUT2D eigenvalue weighted by atomic mass is 10.1. The Morgan fingerprint density at radius 1 is 1.48 bits per heavy atom. The molecular weight excluding hydrogens is 294 g/mol. The lowest BCUT2D eigenvalue weighted by Gasteiger charge is -2.32. The van der Waals surface area contributed by atoms with E-state index >= 15 is 0 Å². The molecule has 0 spiro atoms. The van der Waals surface area contributed by atoms with Crippen LogP contribution in [-0.2, 0) is 11.3 Å². The van der Waals surface area contributed by atoms with E-state index in [2.05, 4.69) is 17.2 Å². The zero-order valence-corrected chi connectivity index (χ0v) is 13.5. The molecular formula is C17H23N3O3. The van der Waals surface area contributed by atoms with Gasteiger partial charge in [-0.15, -0.1) is 0 Å². The van der Waals surface area contributed by atoms with E-state index in [1.54, 1.807) is 0 Å². The van der Waals surface area contributed by atoms with Gasteiger partial charge in [0.05, 0.1) is 12.6 Å². The minimum absolute atomic E-state index is 0.0861. The van der Waals surface area contributed by atoms with Crippen LogP contribution in [0.3, 0.4) is 0 Å². The highest BCUT2D eigenvalue weighted by atomic mass is 16.5. The van der Waals surface area contributed by atoms with Crippen molar-refractivity contribution in [2.75, 3.05) is 19.7 Å². The first kappa shape index (κ1) is 15.8. The Hall–Kier alpha value is -2.08. The number of piperidine rings is 1. The molecule has 1 atom stereocenters. The van der Waals surface area contributed by atoms with Gasteiger partial charge in [-0.1, -0.05) is 19.1 Å². The van der Waals surface area contributed by atoms with Crippen LogP contribution in [0.25, 0.3) is 11.1 Å². The third kappa shape index (κ3) is 4.01. The number of benzene rings is 1. The molecule has 0 radical (unpaired) electrons. The number of hydrogen-bond donors (Lipinski definition) is 1. The number of rotatable bonds is 5. The number of oxazole rings is 1. The van der Waals surface area contributed by atoms with E-state index in [9.17, 15) is 4.79 Å². The van der Waals surface area contributed by atoms with Crippen molar-refractivity contribution >= 4 is 17.1 Å². The van der Waals surface area contributed by atoms with E-state index in [0.717, 1.165) is 43.5 Å². The van der Waals surface area contributed by atoms with Crippen molar-refractivity contribution in [1.82, 2.24) is 15.2 Å². The van der Waals surface area contributed by atoms with Crippen molar-refractivity contribution in [3.05, 3.63) is 30.2 Å². The second-order valence-electron chi connectivity index (χ2n) is 5.82. The van der Waals surface area contributed by atoms with Crippen molar-refractivity contribution in [3.8, 4) is 0 Å². The molecule has 3 rings (SSSR count). The number of nitrogens with zero attached hydrogens (tertiary/aromatic N) is 2. The first-order chi connectivity index (χ1) is 11.3. The van der Waals surface area contributed by atoms with E-state index in [4.69, 9.17) is 9.15 Å². The summed E-state index contributed by atoms with van der Waals surface area (Å²) in [4.78, 5) is 18.5. The topological polar surface area (TPSA) is 67.6 Å². The molecule has 6 nitrogen and oxygen atoms in total. The van der Waals surface area contributed by atoms with Crippen molar-refractivity contribution in [2.24, 2.45) is 0 Å². The van der Waals surface area contributed by atoms with Gasteiger partial charge in [0.25, 0.3) is 0 Å². The highest BCUT2D eigenvalue weighted by molar-refractivity contribution is 5.75. The number of carbonyl (C=O) groups excluding carboxylic acids is 1. The normalized spacial score (nSPS) is 18.3. The summed E-state index contributed by atoms with van der Waals surface area (Å²) in [7, 11) is 0. The lowest BCUT2D eigenvalue weighted by Crippen LogP contribution is -2.47. The Labute approximate surface area is 135 Å². The standard InChI is InChI=1S/C17H23N3O3/c1-2-10-22-13-6-5-9-20(12-13)17(21)18-11-16-19-14-7-3-4-8-15(14)23-16/h3-4,7-8,13H,2,5-6,9-12H2,1H3,(H,18,21)/t13-/m0/s1. The van der Waals surface area contributed by atoms with Crippen LogP contribution in [0.15, 0.2) is 28.7 Å². The number of likely N-dealkylation sites (tertiary alicyclic amines) is 1. The molecule has 1 saturated heterocycles. The fraction of sp³-hybridized carbons (Fsp3) is 0.529. The van der Waals surface area contributed by atoms with Gasteiger partial charge in [-0.2, -0.15) is 0 Å². The number of nitrogens with one attached hydrogen (secondary N) is 1. The number of para-hydroxylation sites is 2. The molecule has 124 valence electrons. The van der Waals surface area contributed by atoms with Gasteiger partial charge in [-0.05, 0) is 31.4 Å². The molecule has 1 fully saturated rings. The van der Waals surface area contributed by atoms with Crippen molar-refractivity contribution in [1.29, 1.82) is 0 Å². The first-order valence-electron chi connectivity index (χ1n) is 8.25. The summed E-state index contributed by atoms with van der Waals surface area (Å²) in [5.74, 6) is 0.523. The predicted molar refractivity (Wildman–Crippen MR) is 87.1 cm³/mol. The first-order valence-corrected chi connectivity index (χ1v) is 8.25. The van der Waals surface area contributed by atoms with E-state index in [0.29, 0.717) is 19.0 Å². The van der Waals surface area contributed by atoms with Gasteiger partial charge < -0.3 is 19.4 Å². The van der Waals surface area contributed by atoms with Crippen LogP contribution in [0, 0.1) is 0 Å². The summed E-state index contributed by atoms with van der Waals surface area (Å²) in [5, 5.41) is 2.88. The molecule has 1 N–H and O–H groups in total. The molecule has 0 unspecified atom stereocenters. The minimum Gasteiger partial charge on any atom is -0.439 e. The molecule has 1 aromatic heterocycles. The smallest absolute Gasteiger partial charge is 0.317 e. The Balaban J connectivity index is 1.52. The number of fused-ring (bicyclic) bond motifs is 1. The zero-order chi connectivity index (χ0) is 16.1.